The second kappa shape index (κ2) is 5.48. The first kappa shape index (κ1) is 13.0. The highest BCUT2D eigenvalue weighted by atomic mass is 79.9. The summed E-state index contributed by atoms with van der Waals surface area (Å²) >= 11 is 3.35. The molecule has 0 atom stereocenters. The van der Waals surface area contributed by atoms with Gasteiger partial charge in [-0.3, -0.25) is 0 Å². The smallest absolute Gasteiger partial charge is 0.162 e. The van der Waals surface area contributed by atoms with Crippen LogP contribution >= 0.6 is 15.9 Å². The Bertz CT molecular complexity index is 552. The van der Waals surface area contributed by atoms with Crippen LogP contribution in [0.1, 0.15) is 11.1 Å². The van der Waals surface area contributed by atoms with Gasteiger partial charge in [-0.15, -0.1) is 0 Å². The Labute approximate surface area is 113 Å². The highest BCUT2D eigenvalue weighted by Crippen LogP contribution is 2.27. The maximum Gasteiger partial charge on any atom is 0.162 e. The Morgan fingerprint density at radius 2 is 1.67 bits per heavy atom. The van der Waals surface area contributed by atoms with Crippen molar-refractivity contribution in [3.63, 3.8) is 0 Å². The van der Waals surface area contributed by atoms with Crippen LogP contribution in [0.25, 0.3) is 0 Å². The average molecular weight is 313 g/mol. The van der Waals surface area contributed by atoms with E-state index in [4.69, 9.17) is 4.74 Å². The van der Waals surface area contributed by atoms with Crippen molar-refractivity contribution >= 4 is 15.9 Å². The number of hydrogen-bond acceptors (Lipinski definition) is 1. The summed E-state index contributed by atoms with van der Waals surface area (Å²) in [6.07, 6.45) is 0. The second-order valence-electron chi connectivity index (χ2n) is 3.91. The van der Waals surface area contributed by atoms with Crippen LogP contribution in [0.2, 0.25) is 0 Å². The van der Waals surface area contributed by atoms with Crippen LogP contribution in [0.15, 0.2) is 36.4 Å². The van der Waals surface area contributed by atoms with Crippen molar-refractivity contribution in [2.45, 2.75) is 12.3 Å². The third kappa shape index (κ3) is 2.88. The van der Waals surface area contributed by atoms with Gasteiger partial charge in [0, 0.05) is 11.4 Å². The van der Waals surface area contributed by atoms with E-state index in [9.17, 15) is 8.78 Å². The van der Waals surface area contributed by atoms with Gasteiger partial charge in [-0.05, 0) is 36.2 Å². The van der Waals surface area contributed by atoms with Crippen LogP contribution in [0.5, 0.6) is 11.5 Å². The highest BCUT2D eigenvalue weighted by Gasteiger charge is 2.08. The van der Waals surface area contributed by atoms with E-state index >= 15 is 0 Å². The standard InChI is InChI=1S/C14H11BrF2O/c1-9-6-12(16)13(17)7-14(9)18-11-4-2-10(8-15)3-5-11/h2-7H,8H2,1H3. The SMILES string of the molecule is Cc1cc(F)c(F)cc1Oc1ccc(CBr)cc1. The number of alkyl halides is 1. The number of halogens is 3. The maximum absolute atomic E-state index is 13.1. The van der Waals surface area contributed by atoms with E-state index in [0.717, 1.165) is 23.0 Å². The highest BCUT2D eigenvalue weighted by molar-refractivity contribution is 9.08. The van der Waals surface area contributed by atoms with Gasteiger partial charge in [-0.2, -0.15) is 0 Å². The van der Waals surface area contributed by atoms with E-state index < -0.39 is 11.6 Å². The Morgan fingerprint density at radius 3 is 2.28 bits per heavy atom. The summed E-state index contributed by atoms with van der Waals surface area (Å²) in [7, 11) is 0. The number of ether oxygens (including phenoxy) is 1. The largest absolute Gasteiger partial charge is 0.457 e. The molecule has 0 unspecified atom stereocenters. The fourth-order valence-corrected chi connectivity index (χ4v) is 1.89. The zero-order valence-electron chi connectivity index (χ0n) is 9.71. The molecule has 94 valence electrons. The van der Waals surface area contributed by atoms with Crippen LogP contribution in [0, 0.1) is 18.6 Å². The molecule has 2 aromatic rings. The molecule has 0 fully saturated rings. The molecule has 0 N–H and O–H groups in total. The molecule has 2 rings (SSSR count). The predicted octanol–water partition coefficient (Wildman–Crippen LogP) is 4.96. The summed E-state index contributed by atoms with van der Waals surface area (Å²) in [6, 6.07) is 9.56. The van der Waals surface area contributed by atoms with Crippen molar-refractivity contribution in [1.82, 2.24) is 0 Å². The topological polar surface area (TPSA) is 9.23 Å². The summed E-state index contributed by atoms with van der Waals surface area (Å²) in [6.45, 7) is 1.67. The molecule has 2 aromatic carbocycles. The lowest BCUT2D eigenvalue weighted by Crippen LogP contribution is -1.92. The van der Waals surface area contributed by atoms with Gasteiger partial charge in [0.25, 0.3) is 0 Å². The van der Waals surface area contributed by atoms with Crippen molar-refractivity contribution in [2.24, 2.45) is 0 Å². The molecular weight excluding hydrogens is 302 g/mol. The van der Waals surface area contributed by atoms with Crippen LogP contribution in [0.3, 0.4) is 0 Å². The van der Waals surface area contributed by atoms with Gasteiger partial charge in [0.2, 0.25) is 0 Å². The summed E-state index contributed by atoms with van der Waals surface area (Å²) in [5.41, 5.74) is 1.67. The first-order chi connectivity index (χ1) is 8.60. The van der Waals surface area contributed by atoms with Gasteiger partial charge in [-0.25, -0.2) is 8.78 Å². The molecular formula is C14H11BrF2O. The van der Waals surface area contributed by atoms with E-state index in [1.165, 1.54) is 0 Å². The maximum atomic E-state index is 13.1. The van der Waals surface area contributed by atoms with E-state index in [1.807, 2.05) is 12.1 Å². The van der Waals surface area contributed by atoms with Crippen molar-refractivity contribution in [3.8, 4) is 11.5 Å². The molecule has 0 amide bonds. The van der Waals surface area contributed by atoms with Gasteiger partial charge in [0.1, 0.15) is 11.5 Å². The molecule has 0 aliphatic heterocycles. The second-order valence-corrected chi connectivity index (χ2v) is 4.47. The molecule has 18 heavy (non-hydrogen) atoms. The van der Waals surface area contributed by atoms with Gasteiger partial charge in [0.05, 0.1) is 0 Å². The minimum absolute atomic E-state index is 0.320. The zero-order chi connectivity index (χ0) is 13.1. The molecule has 0 radical (unpaired) electrons. The first-order valence-corrected chi connectivity index (χ1v) is 6.50. The molecule has 0 heterocycles. The van der Waals surface area contributed by atoms with Crippen molar-refractivity contribution in [3.05, 3.63) is 59.2 Å². The average Bonchev–Trinajstić information content (AvgIpc) is 2.37. The summed E-state index contributed by atoms with van der Waals surface area (Å²) in [5.74, 6) is -0.864. The minimum Gasteiger partial charge on any atom is -0.457 e. The fourth-order valence-electron chi connectivity index (χ4n) is 1.51. The van der Waals surface area contributed by atoms with Crippen molar-refractivity contribution in [1.29, 1.82) is 0 Å². The quantitative estimate of drug-likeness (QED) is 0.728. The fraction of sp³-hybridized carbons (Fsp3) is 0.143. The number of rotatable bonds is 3. The monoisotopic (exact) mass is 312 g/mol. The predicted molar refractivity (Wildman–Crippen MR) is 70.2 cm³/mol. The molecule has 0 saturated heterocycles. The summed E-state index contributed by atoms with van der Waals surface area (Å²) < 4.78 is 31.6. The van der Waals surface area contributed by atoms with Crippen LogP contribution in [-0.2, 0) is 5.33 Å². The van der Waals surface area contributed by atoms with E-state index in [1.54, 1.807) is 19.1 Å². The third-order valence-corrected chi connectivity index (χ3v) is 3.17. The molecule has 0 saturated carbocycles. The Hall–Kier alpha value is -1.42. The van der Waals surface area contributed by atoms with Crippen LogP contribution in [-0.4, -0.2) is 0 Å². The van der Waals surface area contributed by atoms with Gasteiger partial charge < -0.3 is 4.74 Å². The number of benzene rings is 2. The summed E-state index contributed by atoms with van der Waals surface area (Å²) in [5, 5.41) is 0.761. The van der Waals surface area contributed by atoms with Gasteiger partial charge in [0.15, 0.2) is 11.6 Å². The van der Waals surface area contributed by atoms with E-state index in [2.05, 4.69) is 15.9 Å². The Kier molecular flexibility index (Phi) is 3.97. The zero-order valence-corrected chi connectivity index (χ0v) is 11.3. The Balaban J connectivity index is 2.25. The molecule has 0 spiro atoms. The van der Waals surface area contributed by atoms with E-state index in [0.29, 0.717) is 17.1 Å². The lowest BCUT2D eigenvalue weighted by atomic mass is 10.2. The molecule has 0 aromatic heterocycles. The van der Waals surface area contributed by atoms with Crippen LogP contribution in [0.4, 0.5) is 8.78 Å². The molecule has 1 nitrogen and oxygen atoms in total. The van der Waals surface area contributed by atoms with Crippen molar-refractivity contribution < 1.29 is 13.5 Å². The summed E-state index contributed by atoms with van der Waals surface area (Å²) in [4.78, 5) is 0. The lowest BCUT2D eigenvalue weighted by Gasteiger charge is -2.09. The molecule has 4 heteroatoms. The minimum atomic E-state index is -0.910. The van der Waals surface area contributed by atoms with Gasteiger partial charge >= 0.3 is 0 Å². The number of hydrogen-bond donors (Lipinski definition) is 0. The van der Waals surface area contributed by atoms with Crippen molar-refractivity contribution in [2.75, 3.05) is 0 Å². The van der Waals surface area contributed by atoms with E-state index in [-0.39, 0.29) is 0 Å². The van der Waals surface area contributed by atoms with Crippen LogP contribution < -0.4 is 4.74 Å². The Morgan fingerprint density at radius 1 is 1.06 bits per heavy atom. The first-order valence-electron chi connectivity index (χ1n) is 5.38. The molecule has 0 bridgehead atoms. The molecule has 0 aliphatic carbocycles. The lowest BCUT2D eigenvalue weighted by molar-refractivity contribution is 0.457. The normalized spacial score (nSPS) is 10.4. The third-order valence-electron chi connectivity index (χ3n) is 2.52. The number of aryl methyl sites for hydroxylation is 1. The van der Waals surface area contributed by atoms with Gasteiger partial charge in [-0.1, -0.05) is 28.1 Å². The molecule has 0 aliphatic rings.